The maximum atomic E-state index is 13.6. The van der Waals surface area contributed by atoms with E-state index in [9.17, 15) is 22.0 Å². The molecule has 0 saturated carbocycles. The smallest absolute Gasteiger partial charge is 0.246 e. The molecule has 0 saturated heterocycles. The molecule has 0 aliphatic rings. The van der Waals surface area contributed by atoms with E-state index in [2.05, 4.69) is 10.3 Å². The Morgan fingerprint density at radius 1 is 1.10 bits per heavy atom. The lowest BCUT2D eigenvalue weighted by molar-refractivity contribution is -0.121. The molecule has 0 spiro atoms. The Labute approximate surface area is 170 Å². The lowest BCUT2D eigenvalue weighted by Gasteiger charge is -2.09. The minimum atomic E-state index is -4.40. The van der Waals surface area contributed by atoms with E-state index in [1.165, 1.54) is 0 Å². The van der Waals surface area contributed by atoms with Crippen LogP contribution in [0.1, 0.15) is 12.0 Å². The van der Waals surface area contributed by atoms with Crippen LogP contribution in [-0.2, 0) is 21.4 Å². The fourth-order valence-corrected chi connectivity index (χ4v) is 4.40. The van der Waals surface area contributed by atoms with Crippen LogP contribution in [-0.4, -0.2) is 25.9 Å². The highest BCUT2D eigenvalue weighted by Crippen LogP contribution is 2.23. The van der Waals surface area contributed by atoms with E-state index < -0.39 is 32.5 Å². The van der Waals surface area contributed by atoms with Gasteiger partial charge in [-0.15, -0.1) is 11.3 Å². The van der Waals surface area contributed by atoms with Crippen molar-refractivity contribution in [2.24, 2.45) is 0 Å². The lowest BCUT2D eigenvalue weighted by Crippen LogP contribution is -2.31. The fourth-order valence-electron chi connectivity index (χ4n) is 2.54. The largest absolute Gasteiger partial charge is 0.352 e. The SMILES string of the molecule is O=C(CCNS(=O)(=O)c1c(F)cccc1F)NCc1ccnc(-c2cccs2)c1. The van der Waals surface area contributed by atoms with Gasteiger partial charge in [-0.25, -0.2) is 21.9 Å². The summed E-state index contributed by atoms with van der Waals surface area (Å²) in [4.78, 5) is 16.2. The van der Waals surface area contributed by atoms with Crippen molar-refractivity contribution in [1.29, 1.82) is 0 Å². The molecule has 10 heteroatoms. The zero-order chi connectivity index (χ0) is 20.9. The molecule has 2 N–H and O–H groups in total. The third-order valence-corrected chi connectivity index (χ3v) is 6.32. The van der Waals surface area contributed by atoms with Gasteiger partial charge in [-0.3, -0.25) is 9.78 Å². The molecule has 0 unspecified atom stereocenters. The van der Waals surface area contributed by atoms with Gasteiger partial charge in [-0.1, -0.05) is 12.1 Å². The third kappa shape index (κ3) is 5.43. The number of nitrogens with one attached hydrogen (secondary N) is 2. The van der Waals surface area contributed by atoms with Gasteiger partial charge in [-0.2, -0.15) is 0 Å². The van der Waals surface area contributed by atoms with Gasteiger partial charge < -0.3 is 5.32 Å². The third-order valence-electron chi connectivity index (χ3n) is 3.92. The number of hydrogen-bond donors (Lipinski definition) is 2. The van der Waals surface area contributed by atoms with Crippen LogP contribution in [0, 0.1) is 11.6 Å². The van der Waals surface area contributed by atoms with Crippen LogP contribution < -0.4 is 10.0 Å². The Hall–Kier alpha value is -2.69. The number of thiophene rings is 1. The maximum absolute atomic E-state index is 13.6. The molecule has 6 nitrogen and oxygen atoms in total. The van der Waals surface area contributed by atoms with Crippen LogP contribution >= 0.6 is 11.3 Å². The molecule has 0 aliphatic heterocycles. The maximum Gasteiger partial charge on any atom is 0.246 e. The van der Waals surface area contributed by atoms with Crippen molar-refractivity contribution < 1.29 is 22.0 Å². The van der Waals surface area contributed by atoms with Crippen LogP contribution in [0.3, 0.4) is 0 Å². The first-order chi connectivity index (χ1) is 13.9. The molecule has 152 valence electrons. The second kappa shape index (κ2) is 9.21. The zero-order valence-corrected chi connectivity index (χ0v) is 16.7. The van der Waals surface area contributed by atoms with E-state index in [0.717, 1.165) is 34.3 Å². The Bertz CT molecular complexity index is 1080. The molecule has 0 fully saturated rings. The van der Waals surface area contributed by atoms with Crippen molar-refractivity contribution in [2.75, 3.05) is 6.54 Å². The Balaban J connectivity index is 1.51. The number of aromatic nitrogens is 1. The van der Waals surface area contributed by atoms with Gasteiger partial charge in [0.1, 0.15) is 11.6 Å². The summed E-state index contributed by atoms with van der Waals surface area (Å²) in [6, 6.07) is 10.3. The minimum absolute atomic E-state index is 0.182. The first kappa shape index (κ1) is 21.0. The molecule has 3 aromatic rings. The quantitative estimate of drug-likeness (QED) is 0.567. The molecule has 1 aromatic carbocycles. The van der Waals surface area contributed by atoms with Crippen molar-refractivity contribution in [1.82, 2.24) is 15.0 Å². The van der Waals surface area contributed by atoms with Crippen molar-refractivity contribution in [2.45, 2.75) is 17.9 Å². The van der Waals surface area contributed by atoms with Crippen LogP contribution in [0.15, 0.2) is 58.9 Å². The predicted octanol–water partition coefficient (Wildman–Crippen LogP) is 3.07. The average Bonchev–Trinajstić information content (AvgIpc) is 3.21. The zero-order valence-electron chi connectivity index (χ0n) is 15.1. The van der Waals surface area contributed by atoms with E-state index in [1.807, 2.05) is 28.3 Å². The van der Waals surface area contributed by atoms with Gasteiger partial charge in [-0.05, 0) is 41.3 Å². The normalized spacial score (nSPS) is 11.4. The van der Waals surface area contributed by atoms with E-state index >= 15 is 0 Å². The molecule has 2 heterocycles. The number of sulfonamides is 1. The summed E-state index contributed by atoms with van der Waals surface area (Å²) in [6.07, 6.45) is 1.46. The number of amides is 1. The topological polar surface area (TPSA) is 88.2 Å². The van der Waals surface area contributed by atoms with Crippen LogP contribution in [0.5, 0.6) is 0 Å². The summed E-state index contributed by atoms with van der Waals surface area (Å²) in [5.41, 5.74) is 1.64. The van der Waals surface area contributed by atoms with Crippen LogP contribution in [0.25, 0.3) is 10.6 Å². The number of pyridine rings is 1. The molecule has 0 radical (unpaired) electrons. The first-order valence-electron chi connectivity index (χ1n) is 8.56. The summed E-state index contributed by atoms with van der Waals surface area (Å²) in [6.45, 7) is -0.0485. The monoisotopic (exact) mass is 437 g/mol. The molecule has 0 aliphatic carbocycles. The van der Waals surface area contributed by atoms with Crippen molar-refractivity contribution in [3.63, 3.8) is 0 Å². The predicted molar refractivity (Wildman–Crippen MR) is 106 cm³/mol. The first-order valence-corrected chi connectivity index (χ1v) is 10.9. The number of hydrogen-bond acceptors (Lipinski definition) is 5. The number of nitrogens with zero attached hydrogens (tertiary/aromatic N) is 1. The summed E-state index contributed by atoms with van der Waals surface area (Å²) in [7, 11) is -4.40. The van der Waals surface area contributed by atoms with Gasteiger partial charge >= 0.3 is 0 Å². The van der Waals surface area contributed by atoms with Gasteiger partial charge in [0.15, 0.2) is 4.90 Å². The Morgan fingerprint density at radius 3 is 2.55 bits per heavy atom. The molecule has 0 bridgehead atoms. The van der Waals surface area contributed by atoms with Gasteiger partial charge in [0.05, 0.1) is 10.6 Å². The van der Waals surface area contributed by atoms with Gasteiger partial charge in [0, 0.05) is 25.7 Å². The summed E-state index contributed by atoms with van der Waals surface area (Å²) in [5.74, 6) is -2.79. The van der Waals surface area contributed by atoms with E-state index in [-0.39, 0.29) is 19.5 Å². The van der Waals surface area contributed by atoms with Gasteiger partial charge in [0.2, 0.25) is 15.9 Å². The Kier molecular flexibility index (Phi) is 6.68. The minimum Gasteiger partial charge on any atom is -0.352 e. The number of rotatable bonds is 8. The molecule has 1 amide bonds. The number of carbonyl (C=O) groups is 1. The van der Waals surface area contributed by atoms with Gasteiger partial charge in [0.25, 0.3) is 0 Å². The molecule has 3 rings (SSSR count). The summed E-state index contributed by atoms with van der Waals surface area (Å²) < 4.78 is 53.4. The van der Waals surface area contributed by atoms with E-state index in [4.69, 9.17) is 0 Å². The second-order valence-corrected chi connectivity index (χ2v) is 8.65. The van der Waals surface area contributed by atoms with Crippen LogP contribution in [0.4, 0.5) is 8.78 Å². The molecule has 0 atom stereocenters. The number of halogens is 2. The second-order valence-electron chi connectivity index (χ2n) is 6.00. The fraction of sp³-hybridized carbons (Fsp3) is 0.158. The van der Waals surface area contributed by atoms with Crippen molar-refractivity contribution in [3.05, 3.63) is 71.2 Å². The summed E-state index contributed by atoms with van der Waals surface area (Å²) >= 11 is 1.55. The molecular formula is C19H17F2N3O3S2. The van der Waals surface area contributed by atoms with Crippen molar-refractivity contribution >= 4 is 27.3 Å². The number of benzene rings is 1. The van der Waals surface area contributed by atoms with Crippen LogP contribution in [0.2, 0.25) is 0 Å². The summed E-state index contributed by atoms with van der Waals surface area (Å²) in [5, 5.41) is 4.62. The molecular weight excluding hydrogens is 420 g/mol. The van der Waals surface area contributed by atoms with Crippen molar-refractivity contribution in [3.8, 4) is 10.6 Å². The molecule has 2 aromatic heterocycles. The highest BCUT2D eigenvalue weighted by molar-refractivity contribution is 7.89. The lowest BCUT2D eigenvalue weighted by atomic mass is 10.2. The average molecular weight is 437 g/mol. The van der Waals surface area contributed by atoms with E-state index in [0.29, 0.717) is 0 Å². The standard InChI is InChI=1S/C19H17F2N3O3S2/c20-14-3-1-4-15(21)19(14)29(26,27)24-9-7-18(25)23-12-13-6-8-22-16(11-13)17-5-2-10-28-17/h1-6,8,10-11,24H,7,9,12H2,(H,23,25). The molecule has 29 heavy (non-hydrogen) atoms. The Morgan fingerprint density at radius 2 is 1.86 bits per heavy atom. The highest BCUT2D eigenvalue weighted by atomic mass is 32.2. The number of carbonyl (C=O) groups excluding carboxylic acids is 1. The highest BCUT2D eigenvalue weighted by Gasteiger charge is 2.23. The van der Waals surface area contributed by atoms with E-state index in [1.54, 1.807) is 23.6 Å².